The molecule has 0 aliphatic carbocycles. The maximum absolute atomic E-state index is 2.42. The van der Waals surface area contributed by atoms with Gasteiger partial charge in [0.2, 0.25) is 0 Å². The molecule has 0 bridgehead atoms. The summed E-state index contributed by atoms with van der Waals surface area (Å²) in [6, 6.07) is 90.1. The zero-order chi connectivity index (χ0) is 45.7. The summed E-state index contributed by atoms with van der Waals surface area (Å²) in [6.45, 7) is 0. The Labute approximate surface area is 415 Å². The van der Waals surface area contributed by atoms with Crippen molar-refractivity contribution in [2.75, 3.05) is 19.6 Å². The molecule has 0 N–H and O–H groups in total. The van der Waals surface area contributed by atoms with Crippen molar-refractivity contribution in [3.8, 4) is 11.1 Å². The molecule has 2 aliphatic rings. The Hall–Kier alpha value is -7.94. The van der Waals surface area contributed by atoms with E-state index in [1.165, 1.54) is 63.5 Å². The van der Waals surface area contributed by atoms with E-state index in [1.807, 2.05) is 23.5 Å². The zero-order valence-corrected chi connectivity index (χ0v) is 39.7. The van der Waals surface area contributed by atoms with Gasteiger partial charge in [0.1, 0.15) is 0 Å². The zero-order valence-electron chi connectivity index (χ0n) is 37.3. The fourth-order valence-corrected chi connectivity index (χ4v) is 12.9. The molecular weight excluding hydrogens is 897 g/mol. The van der Waals surface area contributed by atoms with Gasteiger partial charge in [-0.3, -0.25) is 0 Å². The predicted molar refractivity (Wildman–Crippen MR) is 294 cm³/mol. The van der Waals surface area contributed by atoms with Crippen LogP contribution in [0, 0.1) is 0 Å². The van der Waals surface area contributed by atoms with Crippen molar-refractivity contribution in [2.24, 2.45) is 0 Å². The van der Waals surface area contributed by atoms with E-state index in [0.29, 0.717) is 0 Å². The summed E-state index contributed by atoms with van der Waals surface area (Å²) in [5.41, 5.74) is 16.1. The maximum atomic E-state index is 2.42. The average Bonchev–Trinajstić information content (AvgIpc) is 3.92. The van der Waals surface area contributed by atoms with Gasteiger partial charge in [-0.1, -0.05) is 139 Å². The fraction of sp³-hybridized carbons (Fsp3) is 0. The molecule has 0 spiro atoms. The van der Waals surface area contributed by atoms with E-state index in [-0.39, 0.29) is 0 Å². The Balaban J connectivity index is 0.868. The number of benzene rings is 10. The number of hydrogen-bond acceptors (Lipinski definition) is 7. The maximum Gasteiger partial charge on any atom is 0.0640 e. The lowest BCUT2D eigenvalue weighted by molar-refractivity contribution is 1.16. The standard InChI is InChI=1S/C62H42N4S3/c1-5-17-44(18-6-1)63(49-33-36-55-60(41-49)68-58-27-15-13-25-53(58)65(55)46-21-9-3-10-22-46)48-31-29-43(30-32-48)51-35-38-57(62-52(51)39-40-67-62)64(45-19-7-2-8-20-45)50-34-37-56-61(42-50)69-59-28-16-14-26-54(59)66(56)47-23-11-4-12-24-47/h1-42H. The third kappa shape index (κ3) is 7.43. The molecule has 0 saturated carbocycles. The molecule has 7 heteroatoms. The van der Waals surface area contributed by atoms with Crippen LogP contribution in [-0.4, -0.2) is 0 Å². The summed E-state index contributed by atoms with van der Waals surface area (Å²) in [5, 5.41) is 3.47. The molecule has 0 saturated heterocycles. The monoisotopic (exact) mass is 938 g/mol. The van der Waals surface area contributed by atoms with E-state index in [9.17, 15) is 0 Å². The number of anilines is 12. The van der Waals surface area contributed by atoms with Crippen molar-refractivity contribution in [1.29, 1.82) is 0 Å². The van der Waals surface area contributed by atoms with Crippen molar-refractivity contribution in [2.45, 2.75) is 19.6 Å². The van der Waals surface area contributed by atoms with E-state index in [4.69, 9.17) is 0 Å². The molecule has 0 radical (unpaired) electrons. The fourth-order valence-electron chi connectivity index (χ4n) is 9.77. The van der Waals surface area contributed by atoms with Crippen LogP contribution in [0.3, 0.4) is 0 Å². The van der Waals surface area contributed by atoms with Gasteiger partial charge in [-0.2, -0.15) is 0 Å². The van der Waals surface area contributed by atoms with Crippen molar-refractivity contribution in [3.05, 3.63) is 254 Å². The topological polar surface area (TPSA) is 13.0 Å². The molecule has 4 nitrogen and oxygen atoms in total. The molecule has 0 atom stereocenters. The minimum Gasteiger partial charge on any atom is -0.310 e. The Bertz CT molecular complexity index is 3640. The molecule has 0 amide bonds. The number of para-hydroxylation sites is 6. The summed E-state index contributed by atoms with van der Waals surface area (Å²) in [5.74, 6) is 0. The highest BCUT2D eigenvalue weighted by atomic mass is 32.2. The van der Waals surface area contributed by atoms with Gasteiger partial charge in [0, 0.05) is 64.8 Å². The van der Waals surface area contributed by atoms with Gasteiger partial charge in [-0.05, 0) is 150 Å². The molecule has 2 aliphatic heterocycles. The van der Waals surface area contributed by atoms with Crippen LogP contribution in [0.1, 0.15) is 0 Å². The first-order valence-corrected chi connectivity index (χ1v) is 25.6. The molecule has 11 aromatic rings. The van der Waals surface area contributed by atoms with Crippen LogP contribution in [0.25, 0.3) is 21.2 Å². The minimum atomic E-state index is 1.10. The molecule has 328 valence electrons. The summed E-state index contributed by atoms with van der Waals surface area (Å²) in [4.78, 5) is 14.5. The lowest BCUT2D eigenvalue weighted by Crippen LogP contribution is -2.16. The van der Waals surface area contributed by atoms with Gasteiger partial charge >= 0.3 is 0 Å². The SMILES string of the molecule is c1ccc(N(c2ccc(-c3ccc(N(c4ccccc4)c4ccc5c(c4)Sc4ccccc4N5c4ccccc4)c4sccc34)cc2)c2ccc3c(c2)Sc2ccccc2N3c2ccccc2)cc1. The van der Waals surface area contributed by atoms with Crippen LogP contribution in [0.5, 0.6) is 0 Å². The highest BCUT2D eigenvalue weighted by molar-refractivity contribution is 8.00. The Morgan fingerprint density at radius 3 is 1.30 bits per heavy atom. The van der Waals surface area contributed by atoms with Gasteiger partial charge in [0.05, 0.1) is 33.1 Å². The van der Waals surface area contributed by atoms with E-state index in [2.05, 4.69) is 274 Å². The summed E-state index contributed by atoms with van der Waals surface area (Å²) >= 11 is 5.47. The summed E-state index contributed by atoms with van der Waals surface area (Å²) < 4.78 is 1.24. The summed E-state index contributed by atoms with van der Waals surface area (Å²) in [6.07, 6.45) is 0. The van der Waals surface area contributed by atoms with Crippen LogP contribution in [0.15, 0.2) is 274 Å². The Morgan fingerprint density at radius 2 is 0.754 bits per heavy atom. The molecule has 1 aromatic heterocycles. The second-order valence-corrected chi connectivity index (χ2v) is 20.1. The Morgan fingerprint density at radius 1 is 0.319 bits per heavy atom. The quantitative estimate of drug-likeness (QED) is 0.142. The van der Waals surface area contributed by atoms with Gasteiger partial charge in [0.25, 0.3) is 0 Å². The van der Waals surface area contributed by atoms with Crippen LogP contribution in [0.2, 0.25) is 0 Å². The first kappa shape index (κ1) is 41.3. The average molecular weight is 939 g/mol. The van der Waals surface area contributed by atoms with E-state index in [0.717, 1.165) is 45.5 Å². The molecule has 0 fully saturated rings. The summed E-state index contributed by atoms with van der Waals surface area (Å²) in [7, 11) is 0. The predicted octanol–water partition coefficient (Wildman–Crippen LogP) is 19.4. The lowest BCUT2D eigenvalue weighted by atomic mass is 10.00. The van der Waals surface area contributed by atoms with Crippen molar-refractivity contribution < 1.29 is 0 Å². The number of rotatable bonds is 9. The van der Waals surface area contributed by atoms with Gasteiger partial charge in [0.15, 0.2) is 0 Å². The molecular formula is C62H42N4S3. The van der Waals surface area contributed by atoms with Crippen LogP contribution in [-0.2, 0) is 0 Å². The highest BCUT2D eigenvalue weighted by Crippen LogP contribution is 2.55. The first-order chi connectivity index (χ1) is 34.2. The van der Waals surface area contributed by atoms with Gasteiger partial charge in [-0.25, -0.2) is 0 Å². The number of nitrogens with zero attached hydrogens (tertiary/aromatic N) is 4. The number of hydrogen-bond donors (Lipinski definition) is 0. The van der Waals surface area contributed by atoms with E-state index < -0.39 is 0 Å². The van der Waals surface area contributed by atoms with Gasteiger partial charge in [-0.15, -0.1) is 11.3 Å². The molecule has 69 heavy (non-hydrogen) atoms. The van der Waals surface area contributed by atoms with E-state index >= 15 is 0 Å². The molecule has 10 aromatic carbocycles. The van der Waals surface area contributed by atoms with Crippen LogP contribution in [0.4, 0.5) is 68.2 Å². The highest BCUT2D eigenvalue weighted by Gasteiger charge is 2.28. The molecule has 3 heterocycles. The Kier molecular flexibility index (Phi) is 10.5. The van der Waals surface area contributed by atoms with Gasteiger partial charge < -0.3 is 19.6 Å². The third-order valence-corrected chi connectivity index (χ3v) is 16.0. The molecule has 13 rings (SSSR count). The van der Waals surface area contributed by atoms with Crippen molar-refractivity contribution in [1.82, 2.24) is 0 Å². The van der Waals surface area contributed by atoms with Crippen molar-refractivity contribution in [3.63, 3.8) is 0 Å². The largest absolute Gasteiger partial charge is 0.310 e. The second-order valence-electron chi connectivity index (χ2n) is 17.0. The molecule has 0 unspecified atom stereocenters. The lowest BCUT2D eigenvalue weighted by Gasteiger charge is -2.34. The third-order valence-electron chi connectivity index (χ3n) is 12.9. The first-order valence-electron chi connectivity index (χ1n) is 23.1. The minimum absolute atomic E-state index is 1.10. The van der Waals surface area contributed by atoms with Crippen LogP contribution >= 0.6 is 34.9 Å². The van der Waals surface area contributed by atoms with Crippen LogP contribution < -0.4 is 19.6 Å². The number of thiophene rings is 1. The van der Waals surface area contributed by atoms with Crippen molar-refractivity contribution >= 4 is 113 Å². The second kappa shape index (κ2) is 17.6. The van der Waals surface area contributed by atoms with E-state index in [1.54, 1.807) is 11.3 Å². The smallest absolute Gasteiger partial charge is 0.0640 e. The normalized spacial score (nSPS) is 12.5. The number of fused-ring (bicyclic) bond motifs is 5.